The minimum atomic E-state index is -1.16. The third-order valence-corrected chi connectivity index (χ3v) is 3.19. The van der Waals surface area contributed by atoms with Crippen LogP contribution in [0, 0.1) is 0 Å². The molecule has 1 aromatic rings. The van der Waals surface area contributed by atoms with Gasteiger partial charge in [-0.15, -0.1) is 0 Å². The summed E-state index contributed by atoms with van der Waals surface area (Å²) in [7, 11) is 0. The Morgan fingerprint density at radius 3 is 2.39 bits per heavy atom. The van der Waals surface area contributed by atoms with E-state index in [1.807, 2.05) is 4.98 Å². The molecule has 0 radical (unpaired) electrons. The molecule has 1 aliphatic rings. The van der Waals surface area contributed by atoms with Gasteiger partial charge in [0.25, 0.3) is 5.56 Å². The Labute approximate surface area is 129 Å². The highest BCUT2D eigenvalue weighted by molar-refractivity contribution is 5.67. The third kappa shape index (κ3) is 3.66. The van der Waals surface area contributed by atoms with Gasteiger partial charge in [0.2, 0.25) is 0 Å². The normalized spacial score (nSPS) is 26.7. The van der Waals surface area contributed by atoms with E-state index in [4.69, 9.17) is 14.2 Å². The van der Waals surface area contributed by atoms with E-state index in [0.717, 1.165) is 30.7 Å². The number of esters is 2. The van der Waals surface area contributed by atoms with Crippen molar-refractivity contribution >= 4 is 11.9 Å². The molecule has 1 saturated heterocycles. The molecule has 4 atom stereocenters. The molecule has 0 bridgehead atoms. The van der Waals surface area contributed by atoms with Gasteiger partial charge in [0.05, 0.1) is 6.61 Å². The first-order valence-corrected chi connectivity index (χ1v) is 6.75. The zero-order valence-electron chi connectivity index (χ0n) is 12.4. The van der Waals surface area contributed by atoms with Crippen molar-refractivity contribution in [3.05, 3.63) is 33.1 Å². The van der Waals surface area contributed by atoms with Crippen LogP contribution in [0.15, 0.2) is 21.9 Å². The van der Waals surface area contributed by atoms with Crippen LogP contribution in [-0.4, -0.2) is 51.5 Å². The zero-order valence-corrected chi connectivity index (χ0v) is 12.4. The second-order valence-corrected chi connectivity index (χ2v) is 4.91. The maximum Gasteiger partial charge on any atom is 0.330 e. The Kier molecular flexibility index (Phi) is 4.96. The number of rotatable bonds is 4. The zero-order chi connectivity index (χ0) is 17.1. The van der Waals surface area contributed by atoms with Gasteiger partial charge in [-0.1, -0.05) is 0 Å². The molecular formula is C13H16N2O8. The predicted molar refractivity (Wildman–Crippen MR) is 73.4 cm³/mol. The molecule has 0 aromatic carbocycles. The molecule has 0 spiro atoms. The number of carbonyl (C=O) groups excluding carboxylic acids is 2. The number of aromatic nitrogens is 2. The number of aliphatic hydroxyl groups is 1. The Bertz CT molecular complexity index is 708. The topological polar surface area (TPSA) is 137 Å². The summed E-state index contributed by atoms with van der Waals surface area (Å²) in [5.74, 6) is -1.35. The van der Waals surface area contributed by atoms with Crippen molar-refractivity contribution in [1.29, 1.82) is 0 Å². The van der Waals surface area contributed by atoms with E-state index in [1.165, 1.54) is 0 Å². The molecule has 0 aliphatic carbocycles. The van der Waals surface area contributed by atoms with E-state index < -0.39 is 54.3 Å². The molecule has 0 saturated carbocycles. The minimum Gasteiger partial charge on any atom is -0.456 e. The van der Waals surface area contributed by atoms with Gasteiger partial charge >= 0.3 is 17.6 Å². The van der Waals surface area contributed by atoms with E-state index >= 15 is 0 Å². The van der Waals surface area contributed by atoms with Gasteiger partial charge in [-0.05, 0) is 0 Å². The van der Waals surface area contributed by atoms with Crippen LogP contribution in [0.25, 0.3) is 0 Å². The second-order valence-electron chi connectivity index (χ2n) is 4.91. The monoisotopic (exact) mass is 328 g/mol. The first kappa shape index (κ1) is 16.9. The van der Waals surface area contributed by atoms with Gasteiger partial charge in [-0.2, -0.15) is 0 Å². The largest absolute Gasteiger partial charge is 0.456 e. The fourth-order valence-electron chi connectivity index (χ4n) is 2.36. The minimum absolute atomic E-state index is 0.523. The molecule has 1 aromatic heterocycles. The number of carbonyl (C=O) groups is 2. The number of hydrogen-bond donors (Lipinski definition) is 2. The number of nitrogens with zero attached hydrogens (tertiary/aromatic N) is 1. The SMILES string of the molecule is CC(=O)O[C@@H]1C(CO)OC(n2ccc(=O)[nH]c2=O)[C@@H]1OC(C)=O. The summed E-state index contributed by atoms with van der Waals surface area (Å²) in [5, 5.41) is 9.38. The standard InChI is InChI=1S/C13H16N2O8/c1-6(17)21-10-8(5-16)23-12(11(10)22-7(2)18)15-4-3-9(19)14-13(15)20/h3-4,8,10-12,16H,5H2,1-2H3,(H,14,19,20)/t8?,10-,11-,12?/m1/s1. The van der Waals surface area contributed by atoms with Crippen molar-refractivity contribution in [2.24, 2.45) is 0 Å². The maximum absolute atomic E-state index is 11.9. The number of hydrogen-bond acceptors (Lipinski definition) is 8. The van der Waals surface area contributed by atoms with Crippen molar-refractivity contribution in [2.75, 3.05) is 6.61 Å². The van der Waals surface area contributed by atoms with Gasteiger partial charge in [-0.3, -0.25) is 23.9 Å². The Hall–Kier alpha value is -2.46. The van der Waals surface area contributed by atoms with E-state index in [9.17, 15) is 24.3 Å². The van der Waals surface area contributed by atoms with Crippen LogP contribution in [0.1, 0.15) is 20.1 Å². The molecule has 23 heavy (non-hydrogen) atoms. The smallest absolute Gasteiger partial charge is 0.330 e. The molecule has 1 aliphatic heterocycles. The summed E-state index contributed by atoms with van der Waals surface area (Å²) < 4.78 is 16.6. The first-order chi connectivity index (χ1) is 10.8. The van der Waals surface area contributed by atoms with Gasteiger partial charge < -0.3 is 19.3 Å². The van der Waals surface area contributed by atoms with Crippen LogP contribution in [0.3, 0.4) is 0 Å². The molecule has 1 fully saturated rings. The Balaban J connectivity index is 2.43. The van der Waals surface area contributed by atoms with Crippen molar-refractivity contribution in [3.8, 4) is 0 Å². The van der Waals surface area contributed by atoms with Crippen LogP contribution < -0.4 is 11.2 Å². The van der Waals surface area contributed by atoms with Gasteiger partial charge in [0, 0.05) is 26.1 Å². The van der Waals surface area contributed by atoms with Gasteiger partial charge in [0.15, 0.2) is 18.4 Å². The molecule has 2 rings (SSSR count). The van der Waals surface area contributed by atoms with Gasteiger partial charge in [0.1, 0.15) is 6.10 Å². The molecule has 126 valence electrons. The fraction of sp³-hybridized carbons (Fsp3) is 0.538. The number of H-pyrrole nitrogens is 1. The Morgan fingerprint density at radius 1 is 1.26 bits per heavy atom. The van der Waals surface area contributed by atoms with E-state index in [-0.39, 0.29) is 0 Å². The summed E-state index contributed by atoms with van der Waals surface area (Å²) in [6.07, 6.45) is -3.24. The van der Waals surface area contributed by atoms with E-state index in [0.29, 0.717) is 0 Å². The Morgan fingerprint density at radius 2 is 1.87 bits per heavy atom. The summed E-state index contributed by atoms with van der Waals surface area (Å²) >= 11 is 0. The molecule has 2 heterocycles. The lowest BCUT2D eigenvalue weighted by Gasteiger charge is -2.23. The second kappa shape index (κ2) is 6.75. The third-order valence-electron chi connectivity index (χ3n) is 3.19. The highest BCUT2D eigenvalue weighted by Gasteiger charge is 2.50. The van der Waals surface area contributed by atoms with E-state index in [2.05, 4.69) is 0 Å². The molecule has 2 unspecified atom stereocenters. The lowest BCUT2D eigenvalue weighted by Crippen LogP contribution is -2.42. The van der Waals surface area contributed by atoms with Crippen LogP contribution in [-0.2, 0) is 23.8 Å². The average Bonchev–Trinajstić information content (AvgIpc) is 2.76. The van der Waals surface area contributed by atoms with Crippen molar-refractivity contribution < 1.29 is 28.9 Å². The average molecular weight is 328 g/mol. The molecule has 0 amide bonds. The van der Waals surface area contributed by atoms with Crippen LogP contribution >= 0.6 is 0 Å². The number of aliphatic hydroxyl groups excluding tert-OH is 1. The van der Waals surface area contributed by atoms with Crippen LogP contribution in [0.2, 0.25) is 0 Å². The highest BCUT2D eigenvalue weighted by Crippen LogP contribution is 2.32. The number of nitrogens with one attached hydrogen (secondary N) is 1. The highest BCUT2D eigenvalue weighted by atomic mass is 16.6. The van der Waals surface area contributed by atoms with Gasteiger partial charge in [-0.25, -0.2) is 4.79 Å². The summed E-state index contributed by atoms with van der Waals surface area (Å²) in [5.41, 5.74) is -1.40. The summed E-state index contributed by atoms with van der Waals surface area (Å²) in [6.45, 7) is 1.77. The van der Waals surface area contributed by atoms with Crippen molar-refractivity contribution in [3.63, 3.8) is 0 Å². The number of aromatic amines is 1. The number of ether oxygens (including phenoxy) is 3. The molecular weight excluding hydrogens is 312 g/mol. The predicted octanol–water partition coefficient (Wildman–Crippen LogP) is -1.71. The summed E-state index contributed by atoms with van der Waals surface area (Å²) in [6, 6.07) is 1.09. The first-order valence-electron chi connectivity index (χ1n) is 6.75. The fourth-order valence-corrected chi connectivity index (χ4v) is 2.36. The van der Waals surface area contributed by atoms with Crippen molar-refractivity contribution in [1.82, 2.24) is 9.55 Å². The van der Waals surface area contributed by atoms with Crippen molar-refractivity contribution in [2.45, 2.75) is 38.4 Å². The van der Waals surface area contributed by atoms with E-state index in [1.54, 1.807) is 0 Å². The quantitative estimate of drug-likeness (QED) is 0.623. The van der Waals surface area contributed by atoms with Crippen LogP contribution in [0.4, 0.5) is 0 Å². The lowest BCUT2D eigenvalue weighted by atomic mass is 10.1. The maximum atomic E-state index is 11.9. The molecule has 10 heteroatoms. The lowest BCUT2D eigenvalue weighted by molar-refractivity contribution is -0.165. The molecule has 2 N–H and O–H groups in total. The van der Waals surface area contributed by atoms with Crippen LogP contribution in [0.5, 0.6) is 0 Å². The molecule has 10 nitrogen and oxygen atoms in total. The summed E-state index contributed by atoms with van der Waals surface area (Å²) in [4.78, 5) is 47.6.